The second-order valence-corrected chi connectivity index (χ2v) is 2.83. The van der Waals surface area contributed by atoms with E-state index in [2.05, 4.69) is 0 Å². The minimum atomic E-state index is -0.383. The van der Waals surface area contributed by atoms with Gasteiger partial charge in [-0.2, -0.15) is 0 Å². The van der Waals surface area contributed by atoms with Gasteiger partial charge in [-0.1, -0.05) is 12.1 Å². The van der Waals surface area contributed by atoms with Crippen LogP contribution in [0.1, 0.15) is 12.0 Å². The first-order chi connectivity index (χ1) is 6.74. The van der Waals surface area contributed by atoms with Gasteiger partial charge in [0.1, 0.15) is 11.6 Å². The van der Waals surface area contributed by atoms with E-state index in [1.54, 1.807) is 24.3 Å². The molecule has 0 saturated carbocycles. The van der Waals surface area contributed by atoms with Crippen molar-refractivity contribution in [1.82, 2.24) is 0 Å². The number of amidine groups is 1. The van der Waals surface area contributed by atoms with E-state index in [-0.39, 0.29) is 12.5 Å². The summed E-state index contributed by atoms with van der Waals surface area (Å²) in [6.45, 7) is -0.0374. The van der Waals surface area contributed by atoms with Crippen molar-refractivity contribution < 1.29 is 9.13 Å². The summed E-state index contributed by atoms with van der Waals surface area (Å²) in [6, 6.07) is 6.90. The maximum absolute atomic E-state index is 11.8. The van der Waals surface area contributed by atoms with Gasteiger partial charge in [0.25, 0.3) is 0 Å². The SMILES string of the molecule is N=C(N)c1cccc(OCCCF)c1. The Morgan fingerprint density at radius 2 is 2.29 bits per heavy atom. The highest BCUT2D eigenvalue weighted by molar-refractivity contribution is 5.95. The van der Waals surface area contributed by atoms with E-state index in [1.807, 2.05) is 0 Å². The first-order valence-corrected chi connectivity index (χ1v) is 4.37. The van der Waals surface area contributed by atoms with Crippen LogP contribution in [0.2, 0.25) is 0 Å². The highest BCUT2D eigenvalue weighted by atomic mass is 19.1. The van der Waals surface area contributed by atoms with Crippen LogP contribution < -0.4 is 10.5 Å². The fourth-order valence-electron chi connectivity index (χ4n) is 0.998. The number of ether oxygens (including phenoxy) is 1. The van der Waals surface area contributed by atoms with Gasteiger partial charge in [0.15, 0.2) is 0 Å². The van der Waals surface area contributed by atoms with E-state index in [1.165, 1.54) is 0 Å². The lowest BCUT2D eigenvalue weighted by Crippen LogP contribution is -2.11. The molecule has 1 rings (SSSR count). The van der Waals surface area contributed by atoms with Gasteiger partial charge in [-0.05, 0) is 12.1 Å². The van der Waals surface area contributed by atoms with Gasteiger partial charge >= 0.3 is 0 Å². The number of rotatable bonds is 5. The molecule has 1 aromatic rings. The molecule has 3 nitrogen and oxygen atoms in total. The quantitative estimate of drug-likeness (QED) is 0.428. The van der Waals surface area contributed by atoms with Gasteiger partial charge in [-0.25, -0.2) is 0 Å². The minimum absolute atomic E-state index is 0.000872. The summed E-state index contributed by atoms with van der Waals surface area (Å²) in [5, 5.41) is 7.21. The summed E-state index contributed by atoms with van der Waals surface area (Å²) >= 11 is 0. The van der Waals surface area contributed by atoms with Crippen LogP contribution in [0.25, 0.3) is 0 Å². The highest BCUT2D eigenvalue weighted by Gasteiger charge is 1.98. The average Bonchev–Trinajstić information content (AvgIpc) is 2.19. The van der Waals surface area contributed by atoms with Crippen LogP contribution in [0.5, 0.6) is 5.75 Å². The third kappa shape index (κ3) is 3.05. The minimum Gasteiger partial charge on any atom is -0.493 e. The number of halogens is 1. The van der Waals surface area contributed by atoms with Gasteiger partial charge in [-0.15, -0.1) is 0 Å². The summed E-state index contributed by atoms with van der Waals surface area (Å²) in [6.07, 6.45) is 0.379. The van der Waals surface area contributed by atoms with Crippen molar-refractivity contribution in [2.24, 2.45) is 5.73 Å². The summed E-state index contributed by atoms with van der Waals surface area (Å²) in [4.78, 5) is 0. The molecule has 1 aromatic carbocycles. The molecule has 0 amide bonds. The van der Waals surface area contributed by atoms with Crippen LogP contribution in [0.15, 0.2) is 24.3 Å². The Labute approximate surface area is 82.2 Å². The molecule has 0 aliphatic heterocycles. The van der Waals surface area contributed by atoms with Gasteiger partial charge in [0, 0.05) is 12.0 Å². The Balaban J connectivity index is 2.59. The van der Waals surface area contributed by atoms with Gasteiger partial charge in [-0.3, -0.25) is 9.80 Å². The van der Waals surface area contributed by atoms with Crippen LogP contribution in [0, 0.1) is 5.41 Å². The second-order valence-electron chi connectivity index (χ2n) is 2.83. The molecule has 0 heterocycles. The summed E-state index contributed by atoms with van der Waals surface area (Å²) in [7, 11) is 0. The Bertz CT molecular complexity index is 315. The third-order valence-electron chi connectivity index (χ3n) is 1.69. The summed E-state index contributed by atoms with van der Waals surface area (Å²) in [5.41, 5.74) is 5.92. The molecule has 0 atom stereocenters. The number of nitrogens with two attached hydrogens (primary N) is 1. The van der Waals surface area contributed by atoms with Crippen molar-refractivity contribution >= 4 is 5.84 Å². The van der Waals surface area contributed by atoms with E-state index < -0.39 is 0 Å². The molecule has 0 fully saturated rings. The molecular weight excluding hydrogens is 183 g/mol. The van der Waals surface area contributed by atoms with Crippen molar-refractivity contribution in [3.63, 3.8) is 0 Å². The van der Waals surface area contributed by atoms with E-state index >= 15 is 0 Å². The lowest BCUT2D eigenvalue weighted by molar-refractivity contribution is 0.289. The molecule has 4 heteroatoms. The molecule has 0 radical (unpaired) electrons. The number of benzene rings is 1. The lowest BCUT2D eigenvalue weighted by Gasteiger charge is -2.05. The molecule has 3 N–H and O–H groups in total. The zero-order valence-electron chi connectivity index (χ0n) is 7.79. The van der Waals surface area contributed by atoms with E-state index in [0.717, 1.165) is 0 Å². The van der Waals surface area contributed by atoms with Crippen molar-refractivity contribution in [3.05, 3.63) is 29.8 Å². The molecule has 0 unspecified atom stereocenters. The maximum Gasteiger partial charge on any atom is 0.122 e. The Morgan fingerprint density at radius 1 is 1.50 bits per heavy atom. The maximum atomic E-state index is 11.8. The zero-order chi connectivity index (χ0) is 10.4. The van der Waals surface area contributed by atoms with Crippen LogP contribution in [-0.4, -0.2) is 19.1 Å². The van der Waals surface area contributed by atoms with E-state index in [0.29, 0.717) is 24.3 Å². The smallest absolute Gasteiger partial charge is 0.122 e. The number of nitrogens with one attached hydrogen (secondary N) is 1. The van der Waals surface area contributed by atoms with Gasteiger partial charge < -0.3 is 10.5 Å². The van der Waals surface area contributed by atoms with Crippen LogP contribution >= 0.6 is 0 Å². The molecular formula is C10H13FN2O. The number of hydrogen-bond acceptors (Lipinski definition) is 2. The van der Waals surface area contributed by atoms with E-state index in [4.69, 9.17) is 15.9 Å². The van der Waals surface area contributed by atoms with Crippen molar-refractivity contribution in [2.75, 3.05) is 13.3 Å². The summed E-state index contributed by atoms with van der Waals surface area (Å²) in [5.74, 6) is 0.618. The molecule has 0 aromatic heterocycles. The van der Waals surface area contributed by atoms with Gasteiger partial charge in [0.2, 0.25) is 0 Å². The molecule has 0 bridgehead atoms. The van der Waals surface area contributed by atoms with E-state index in [9.17, 15) is 4.39 Å². The monoisotopic (exact) mass is 196 g/mol. The zero-order valence-corrected chi connectivity index (χ0v) is 7.79. The lowest BCUT2D eigenvalue weighted by atomic mass is 10.2. The number of alkyl halides is 1. The fourth-order valence-corrected chi connectivity index (χ4v) is 0.998. The third-order valence-corrected chi connectivity index (χ3v) is 1.69. The Kier molecular flexibility index (Phi) is 3.91. The van der Waals surface area contributed by atoms with Crippen LogP contribution in [0.3, 0.4) is 0 Å². The topological polar surface area (TPSA) is 59.1 Å². The predicted octanol–water partition coefficient (Wildman–Crippen LogP) is 1.71. The Morgan fingerprint density at radius 3 is 2.93 bits per heavy atom. The van der Waals surface area contributed by atoms with Crippen LogP contribution in [0.4, 0.5) is 4.39 Å². The molecule has 0 aliphatic rings. The number of nitrogen functional groups attached to an aromatic ring is 1. The van der Waals surface area contributed by atoms with Gasteiger partial charge in [0.05, 0.1) is 13.3 Å². The largest absolute Gasteiger partial charge is 0.493 e. The Hall–Kier alpha value is -1.58. The molecule has 76 valence electrons. The van der Waals surface area contributed by atoms with Crippen molar-refractivity contribution in [2.45, 2.75) is 6.42 Å². The highest BCUT2D eigenvalue weighted by Crippen LogP contribution is 2.12. The fraction of sp³-hybridized carbons (Fsp3) is 0.300. The summed E-state index contributed by atoms with van der Waals surface area (Å²) < 4.78 is 17.0. The average molecular weight is 196 g/mol. The normalized spacial score (nSPS) is 9.79. The standard InChI is InChI=1S/C10H13FN2O/c11-5-2-6-14-9-4-1-3-8(7-9)10(12)13/h1,3-4,7H,2,5-6H2,(H3,12,13). The second kappa shape index (κ2) is 5.21. The molecule has 0 spiro atoms. The molecule has 0 saturated heterocycles. The number of hydrogen-bond donors (Lipinski definition) is 2. The predicted molar refractivity (Wildman–Crippen MR) is 53.5 cm³/mol. The first-order valence-electron chi connectivity index (χ1n) is 4.37. The first kappa shape index (κ1) is 10.5. The van der Waals surface area contributed by atoms with Crippen molar-refractivity contribution in [3.8, 4) is 5.75 Å². The molecule has 14 heavy (non-hydrogen) atoms. The van der Waals surface area contributed by atoms with Crippen LogP contribution in [-0.2, 0) is 0 Å². The molecule has 0 aliphatic carbocycles. The van der Waals surface area contributed by atoms with Crippen molar-refractivity contribution in [1.29, 1.82) is 5.41 Å².